The number of rotatable bonds is 5. The Labute approximate surface area is 113 Å². The highest BCUT2D eigenvalue weighted by Gasteiger charge is 2.19. The van der Waals surface area contributed by atoms with Crippen LogP contribution in [0.5, 0.6) is 11.5 Å². The number of benzene rings is 1. The summed E-state index contributed by atoms with van der Waals surface area (Å²) in [7, 11) is 5.19. The second-order valence-corrected chi connectivity index (χ2v) is 4.34. The molecule has 0 aliphatic heterocycles. The van der Waals surface area contributed by atoms with E-state index in [-0.39, 0.29) is 6.04 Å². The predicted molar refractivity (Wildman–Crippen MR) is 73.9 cm³/mol. The number of hydrogen-bond acceptors (Lipinski definition) is 4. The molecule has 1 N–H and O–H groups in total. The van der Waals surface area contributed by atoms with Crippen LogP contribution in [-0.4, -0.2) is 21.3 Å². The van der Waals surface area contributed by atoms with Crippen LogP contribution in [0.15, 0.2) is 34.9 Å². The molecular weight excluding hydrogens is 242 g/mol. The van der Waals surface area contributed by atoms with Crippen LogP contribution in [0.1, 0.15) is 22.9 Å². The van der Waals surface area contributed by atoms with Gasteiger partial charge < -0.3 is 19.2 Å². The molecule has 0 aliphatic rings. The minimum absolute atomic E-state index is 0.0287. The van der Waals surface area contributed by atoms with Crippen molar-refractivity contribution in [1.29, 1.82) is 0 Å². The lowest BCUT2D eigenvalue weighted by molar-refractivity contribution is 0.391. The topological polar surface area (TPSA) is 43.6 Å². The molecule has 4 nitrogen and oxygen atoms in total. The molecule has 0 fully saturated rings. The van der Waals surface area contributed by atoms with E-state index in [4.69, 9.17) is 13.9 Å². The maximum Gasteiger partial charge on any atom is 0.128 e. The van der Waals surface area contributed by atoms with Crippen LogP contribution >= 0.6 is 0 Å². The van der Waals surface area contributed by atoms with E-state index in [2.05, 4.69) is 5.32 Å². The molecular formula is C15H19NO3. The van der Waals surface area contributed by atoms with Gasteiger partial charge in [-0.05, 0) is 43.3 Å². The Bertz CT molecular complexity index is 526. The van der Waals surface area contributed by atoms with E-state index >= 15 is 0 Å². The zero-order valence-corrected chi connectivity index (χ0v) is 11.7. The van der Waals surface area contributed by atoms with Gasteiger partial charge in [0.15, 0.2) is 0 Å². The zero-order valence-electron chi connectivity index (χ0n) is 11.7. The summed E-state index contributed by atoms with van der Waals surface area (Å²) in [5, 5.41) is 3.26. The molecule has 1 unspecified atom stereocenters. The number of ether oxygens (including phenoxy) is 2. The largest absolute Gasteiger partial charge is 0.497 e. The fourth-order valence-corrected chi connectivity index (χ4v) is 2.13. The molecule has 4 heteroatoms. The lowest BCUT2D eigenvalue weighted by atomic mass is 10.0. The first-order valence-corrected chi connectivity index (χ1v) is 6.13. The fourth-order valence-electron chi connectivity index (χ4n) is 2.13. The van der Waals surface area contributed by atoms with Crippen molar-refractivity contribution in [2.75, 3.05) is 21.3 Å². The molecule has 102 valence electrons. The second kappa shape index (κ2) is 5.80. The summed E-state index contributed by atoms with van der Waals surface area (Å²) < 4.78 is 16.2. The summed E-state index contributed by atoms with van der Waals surface area (Å²) in [5.41, 5.74) is 2.15. The fraction of sp³-hybridized carbons (Fsp3) is 0.333. The summed E-state index contributed by atoms with van der Waals surface area (Å²) in [4.78, 5) is 0. The molecule has 1 heterocycles. The summed E-state index contributed by atoms with van der Waals surface area (Å²) in [6, 6.07) is 7.73. The van der Waals surface area contributed by atoms with Crippen LogP contribution in [-0.2, 0) is 0 Å². The quantitative estimate of drug-likeness (QED) is 0.898. The molecule has 0 saturated carbocycles. The number of hydrogen-bond donors (Lipinski definition) is 1. The van der Waals surface area contributed by atoms with Crippen molar-refractivity contribution in [2.24, 2.45) is 0 Å². The maximum absolute atomic E-state index is 5.57. The number of nitrogens with one attached hydrogen (secondary N) is 1. The van der Waals surface area contributed by atoms with Gasteiger partial charge in [-0.3, -0.25) is 0 Å². The van der Waals surface area contributed by atoms with Gasteiger partial charge in [-0.25, -0.2) is 0 Å². The van der Waals surface area contributed by atoms with E-state index < -0.39 is 0 Å². The normalized spacial score (nSPS) is 12.2. The van der Waals surface area contributed by atoms with Crippen LogP contribution in [0, 0.1) is 6.92 Å². The zero-order chi connectivity index (χ0) is 13.8. The van der Waals surface area contributed by atoms with Gasteiger partial charge in [0.2, 0.25) is 0 Å². The van der Waals surface area contributed by atoms with Crippen LogP contribution < -0.4 is 14.8 Å². The predicted octanol–water partition coefficient (Wildman–Crippen LogP) is 2.91. The van der Waals surface area contributed by atoms with E-state index in [1.807, 2.05) is 38.2 Å². The number of aryl methyl sites for hydroxylation is 1. The van der Waals surface area contributed by atoms with Gasteiger partial charge in [-0.2, -0.15) is 0 Å². The summed E-state index contributed by atoms with van der Waals surface area (Å²) >= 11 is 0. The van der Waals surface area contributed by atoms with Gasteiger partial charge in [0.05, 0.1) is 26.5 Å². The first-order valence-electron chi connectivity index (χ1n) is 6.13. The highest BCUT2D eigenvalue weighted by atomic mass is 16.5. The van der Waals surface area contributed by atoms with Gasteiger partial charge in [-0.15, -0.1) is 0 Å². The van der Waals surface area contributed by atoms with Crippen LogP contribution in [0.4, 0.5) is 0 Å². The van der Waals surface area contributed by atoms with Crippen LogP contribution in [0.3, 0.4) is 0 Å². The molecule has 19 heavy (non-hydrogen) atoms. The van der Waals surface area contributed by atoms with Crippen molar-refractivity contribution < 1.29 is 13.9 Å². The van der Waals surface area contributed by atoms with Gasteiger partial charge in [-0.1, -0.05) is 0 Å². The van der Waals surface area contributed by atoms with E-state index in [1.165, 1.54) is 0 Å². The van der Waals surface area contributed by atoms with Crippen molar-refractivity contribution in [1.82, 2.24) is 5.32 Å². The van der Waals surface area contributed by atoms with E-state index in [0.29, 0.717) is 0 Å². The third-order valence-corrected chi connectivity index (χ3v) is 3.16. The van der Waals surface area contributed by atoms with Crippen molar-refractivity contribution >= 4 is 0 Å². The maximum atomic E-state index is 5.57. The molecule has 0 spiro atoms. The second-order valence-electron chi connectivity index (χ2n) is 4.34. The molecule has 0 amide bonds. The summed E-state index contributed by atoms with van der Waals surface area (Å²) in [6.45, 7) is 2.03. The molecule has 1 atom stereocenters. The van der Waals surface area contributed by atoms with E-state index in [1.54, 1.807) is 20.5 Å². The van der Waals surface area contributed by atoms with E-state index in [0.717, 1.165) is 28.4 Å². The molecule has 2 rings (SSSR count). The standard InChI is InChI=1S/C15H19NO3/c1-10-5-6-19-15(10)14(16-2)11-7-12(17-3)9-13(8-11)18-4/h5-9,14,16H,1-4H3. The molecule has 0 saturated heterocycles. The average Bonchev–Trinajstić information content (AvgIpc) is 2.85. The summed E-state index contributed by atoms with van der Waals surface area (Å²) in [6.07, 6.45) is 1.70. The van der Waals surface area contributed by atoms with Crippen molar-refractivity contribution in [3.63, 3.8) is 0 Å². The molecule has 0 bridgehead atoms. The van der Waals surface area contributed by atoms with Gasteiger partial charge in [0.25, 0.3) is 0 Å². The molecule has 1 aromatic carbocycles. The number of furan rings is 1. The summed E-state index contributed by atoms with van der Waals surface area (Å²) in [5.74, 6) is 2.43. The minimum Gasteiger partial charge on any atom is -0.497 e. The lowest BCUT2D eigenvalue weighted by Gasteiger charge is -2.17. The minimum atomic E-state index is -0.0287. The Balaban J connectivity index is 2.46. The average molecular weight is 261 g/mol. The lowest BCUT2D eigenvalue weighted by Crippen LogP contribution is -2.18. The first kappa shape index (κ1) is 13.5. The van der Waals surface area contributed by atoms with Gasteiger partial charge in [0, 0.05) is 6.07 Å². The van der Waals surface area contributed by atoms with Crippen molar-refractivity contribution in [2.45, 2.75) is 13.0 Å². The SMILES string of the molecule is CNC(c1cc(OC)cc(OC)c1)c1occc1C. The highest BCUT2D eigenvalue weighted by molar-refractivity contribution is 5.42. The van der Waals surface area contributed by atoms with Gasteiger partial charge >= 0.3 is 0 Å². The van der Waals surface area contributed by atoms with Crippen LogP contribution in [0.25, 0.3) is 0 Å². The Morgan fingerprint density at radius 1 is 1.11 bits per heavy atom. The van der Waals surface area contributed by atoms with Crippen molar-refractivity contribution in [3.05, 3.63) is 47.4 Å². The third-order valence-electron chi connectivity index (χ3n) is 3.16. The van der Waals surface area contributed by atoms with Crippen molar-refractivity contribution in [3.8, 4) is 11.5 Å². The Morgan fingerprint density at radius 2 is 1.74 bits per heavy atom. The Hall–Kier alpha value is -1.94. The number of methoxy groups -OCH3 is 2. The smallest absolute Gasteiger partial charge is 0.128 e. The monoisotopic (exact) mass is 261 g/mol. The van der Waals surface area contributed by atoms with Crippen LogP contribution in [0.2, 0.25) is 0 Å². The highest BCUT2D eigenvalue weighted by Crippen LogP contribution is 2.31. The third kappa shape index (κ3) is 2.74. The molecule has 1 aromatic heterocycles. The molecule has 2 aromatic rings. The van der Waals surface area contributed by atoms with E-state index in [9.17, 15) is 0 Å². The Morgan fingerprint density at radius 3 is 2.16 bits per heavy atom. The molecule has 0 radical (unpaired) electrons. The Kier molecular flexibility index (Phi) is 4.12. The van der Waals surface area contributed by atoms with Gasteiger partial charge in [0.1, 0.15) is 17.3 Å². The first-order chi connectivity index (χ1) is 9.19. The molecule has 0 aliphatic carbocycles.